The number of nitrogen functional groups attached to an aromatic ring is 1. The van der Waals surface area contributed by atoms with E-state index in [1.807, 2.05) is 65.6 Å². The maximum atomic E-state index is 12.8. The zero-order chi connectivity index (χ0) is 27.0. The van der Waals surface area contributed by atoms with Crippen molar-refractivity contribution in [1.29, 1.82) is 5.41 Å². The quantitative estimate of drug-likeness (QED) is 0.233. The van der Waals surface area contributed by atoms with Crippen LogP contribution in [0.25, 0.3) is 0 Å². The number of anilines is 2. The van der Waals surface area contributed by atoms with Crippen molar-refractivity contribution in [3.8, 4) is 11.5 Å². The first-order chi connectivity index (χ1) is 19.1. The summed E-state index contributed by atoms with van der Waals surface area (Å²) in [5.74, 6) is 2.10. The Morgan fingerprint density at radius 3 is 2.62 bits per heavy atom. The molecule has 10 nitrogen and oxygen atoms in total. The number of rotatable bonds is 10. The summed E-state index contributed by atoms with van der Waals surface area (Å²) >= 11 is 0. The van der Waals surface area contributed by atoms with Crippen LogP contribution in [0.5, 0.6) is 11.5 Å². The van der Waals surface area contributed by atoms with Crippen LogP contribution >= 0.6 is 0 Å². The van der Waals surface area contributed by atoms with E-state index < -0.39 is 0 Å². The van der Waals surface area contributed by atoms with Crippen LogP contribution < -0.4 is 21.1 Å². The lowest BCUT2D eigenvalue weighted by Gasteiger charge is -2.33. The summed E-state index contributed by atoms with van der Waals surface area (Å²) < 4.78 is 11.0. The second-order valence-corrected chi connectivity index (χ2v) is 9.61. The van der Waals surface area contributed by atoms with E-state index in [2.05, 4.69) is 20.6 Å². The molecule has 1 unspecified atom stereocenters. The van der Waals surface area contributed by atoms with Gasteiger partial charge in [-0.2, -0.15) is 0 Å². The first kappa shape index (κ1) is 26.3. The number of nitrogens with zero attached hydrogens (tertiary/aromatic N) is 3. The molecule has 5 rings (SSSR count). The van der Waals surface area contributed by atoms with Crippen LogP contribution in [0.2, 0.25) is 0 Å². The van der Waals surface area contributed by atoms with Gasteiger partial charge in [0.2, 0.25) is 5.91 Å². The largest absolute Gasteiger partial charge is 0.457 e. The Morgan fingerprint density at radius 1 is 1.10 bits per heavy atom. The third-order valence-electron chi connectivity index (χ3n) is 6.75. The Morgan fingerprint density at radius 2 is 1.87 bits per heavy atom. The van der Waals surface area contributed by atoms with Crippen molar-refractivity contribution in [3.63, 3.8) is 0 Å². The molecule has 1 atom stereocenters. The maximum absolute atomic E-state index is 12.8. The number of hydrogen-bond acceptors (Lipinski definition) is 9. The van der Waals surface area contributed by atoms with Gasteiger partial charge in [-0.25, -0.2) is 9.97 Å². The topological polar surface area (TPSA) is 138 Å². The van der Waals surface area contributed by atoms with Gasteiger partial charge < -0.3 is 30.7 Å². The van der Waals surface area contributed by atoms with Gasteiger partial charge in [0.15, 0.2) is 0 Å². The molecular formula is C29H33N7O3. The molecule has 2 saturated heterocycles. The normalized spacial score (nSPS) is 17.5. The summed E-state index contributed by atoms with van der Waals surface area (Å²) in [5.41, 5.74) is 7.53. The minimum atomic E-state index is -0.0242. The number of amides is 1. The number of nitrogens with two attached hydrogens (primary N) is 1. The number of carbonyl (C=O) groups is 1. The smallest absolute Gasteiger partial charge is 0.246 e. The Labute approximate surface area is 227 Å². The van der Waals surface area contributed by atoms with Gasteiger partial charge in [0, 0.05) is 37.3 Å². The van der Waals surface area contributed by atoms with Crippen molar-refractivity contribution < 1.29 is 14.3 Å². The van der Waals surface area contributed by atoms with Gasteiger partial charge >= 0.3 is 0 Å². The molecule has 0 spiro atoms. The summed E-state index contributed by atoms with van der Waals surface area (Å²) in [6, 6.07) is 17.1. The van der Waals surface area contributed by atoms with Crippen molar-refractivity contribution in [3.05, 3.63) is 84.2 Å². The third-order valence-corrected chi connectivity index (χ3v) is 6.75. The summed E-state index contributed by atoms with van der Waals surface area (Å²) in [6.07, 6.45) is 6.62. The van der Waals surface area contributed by atoms with Gasteiger partial charge in [-0.15, -0.1) is 0 Å². The highest BCUT2D eigenvalue weighted by Crippen LogP contribution is 2.26. The van der Waals surface area contributed by atoms with Crippen LogP contribution in [-0.2, 0) is 9.53 Å². The monoisotopic (exact) mass is 527 g/mol. The average molecular weight is 528 g/mol. The van der Waals surface area contributed by atoms with Gasteiger partial charge in [0.1, 0.15) is 29.5 Å². The van der Waals surface area contributed by atoms with Crippen molar-refractivity contribution in [1.82, 2.24) is 20.2 Å². The molecule has 2 fully saturated rings. The highest BCUT2D eigenvalue weighted by molar-refractivity contribution is 6.16. The molecule has 202 valence electrons. The van der Waals surface area contributed by atoms with Crippen LogP contribution in [0.4, 0.5) is 11.6 Å². The number of nitrogens with one attached hydrogen (secondary N) is 3. The molecular weight excluding hydrogens is 494 g/mol. The third kappa shape index (κ3) is 6.78. The fraction of sp³-hybridized carbons (Fsp3) is 0.310. The lowest BCUT2D eigenvalue weighted by Crippen LogP contribution is -2.46. The average Bonchev–Trinajstić information content (AvgIpc) is 2.93. The summed E-state index contributed by atoms with van der Waals surface area (Å²) in [7, 11) is 0. The second-order valence-electron chi connectivity index (χ2n) is 9.61. The molecule has 10 heteroatoms. The molecule has 3 aromatic rings. The van der Waals surface area contributed by atoms with Gasteiger partial charge in [-0.05, 0) is 49.2 Å². The number of likely N-dealkylation sites (tertiary alicyclic amines) is 1. The van der Waals surface area contributed by atoms with E-state index in [1.165, 1.54) is 6.33 Å². The Bertz CT molecular complexity index is 1310. The van der Waals surface area contributed by atoms with Gasteiger partial charge in [0.25, 0.3) is 0 Å². The molecule has 1 aromatic heterocycles. The molecule has 3 heterocycles. The highest BCUT2D eigenvalue weighted by Gasteiger charge is 2.25. The molecule has 0 saturated carbocycles. The van der Waals surface area contributed by atoms with E-state index in [0.717, 1.165) is 31.8 Å². The molecule has 2 aliphatic rings. The number of hydrogen-bond donors (Lipinski definition) is 4. The van der Waals surface area contributed by atoms with E-state index in [4.69, 9.17) is 20.6 Å². The van der Waals surface area contributed by atoms with E-state index >= 15 is 0 Å². The first-order valence-corrected chi connectivity index (χ1v) is 13.1. The predicted octanol–water partition coefficient (Wildman–Crippen LogP) is 3.21. The van der Waals surface area contributed by atoms with Gasteiger partial charge in [-0.3, -0.25) is 10.2 Å². The molecule has 2 aliphatic heterocycles. The number of piperidine rings is 1. The number of benzene rings is 2. The van der Waals surface area contributed by atoms with Crippen molar-refractivity contribution in [2.24, 2.45) is 0 Å². The molecule has 0 radical (unpaired) electrons. The fourth-order valence-corrected chi connectivity index (χ4v) is 4.56. The minimum absolute atomic E-state index is 0.0128. The summed E-state index contributed by atoms with van der Waals surface area (Å²) in [5, 5.41) is 15.6. The number of aromatic nitrogens is 2. The van der Waals surface area contributed by atoms with Crippen LogP contribution in [0, 0.1) is 5.41 Å². The summed E-state index contributed by atoms with van der Waals surface area (Å²) in [4.78, 5) is 23.1. The maximum Gasteiger partial charge on any atom is 0.246 e. The van der Waals surface area contributed by atoms with Crippen molar-refractivity contribution >= 4 is 23.3 Å². The van der Waals surface area contributed by atoms with Crippen molar-refractivity contribution in [2.45, 2.75) is 24.9 Å². The van der Waals surface area contributed by atoms with Gasteiger partial charge in [0.05, 0.1) is 30.5 Å². The second kappa shape index (κ2) is 12.5. The summed E-state index contributed by atoms with van der Waals surface area (Å²) in [6.45, 7) is 3.33. The number of para-hydroxylation sites is 1. The molecule has 5 N–H and O–H groups in total. The Hall–Kier alpha value is -4.28. The fourth-order valence-electron chi connectivity index (χ4n) is 4.56. The molecule has 39 heavy (non-hydrogen) atoms. The first-order valence-electron chi connectivity index (χ1n) is 13.1. The Kier molecular flexibility index (Phi) is 8.45. The highest BCUT2D eigenvalue weighted by atomic mass is 16.5. The van der Waals surface area contributed by atoms with E-state index in [1.54, 1.807) is 6.08 Å². The van der Waals surface area contributed by atoms with Crippen LogP contribution in [-0.4, -0.2) is 71.4 Å². The standard InChI is InChI=1S/C29H33N7O3/c30-27(20-10-12-24(13-11-20)39-23-7-2-1-3-8-23)26-28(31)33-19-34-29(26)35-21-6-5-15-36(16-21)25(37)9-4-14-32-22-17-38-18-22/h1-4,7-13,19,21-22,30,32H,5-6,14-18H2,(H3,31,33,34,35)/b9-4+,30-27?. The minimum Gasteiger partial charge on any atom is -0.457 e. The molecule has 1 amide bonds. The van der Waals surface area contributed by atoms with Crippen LogP contribution in [0.15, 0.2) is 73.1 Å². The molecule has 2 aromatic carbocycles. The molecule has 0 aliphatic carbocycles. The lowest BCUT2D eigenvalue weighted by atomic mass is 10.0. The van der Waals surface area contributed by atoms with Crippen LogP contribution in [0.3, 0.4) is 0 Å². The van der Waals surface area contributed by atoms with Crippen LogP contribution in [0.1, 0.15) is 24.0 Å². The predicted molar refractivity (Wildman–Crippen MR) is 150 cm³/mol. The zero-order valence-electron chi connectivity index (χ0n) is 21.7. The number of ether oxygens (including phenoxy) is 2. The van der Waals surface area contributed by atoms with E-state index in [0.29, 0.717) is 48.4 Å². The van der Waals surface area contributed by atoms with Gasteiger partial charge in [-0.1, -0.05) is 24.3 Å². The van der Waals surface area contributed by atoms with E-state index in [-0.39, 0.29) is 23.5 Å². The SMILES string of the molecule is N=C(c1ccc(Oc2ccccc2)cc1)c1c(N)ncnc1NC1CCCN(C(=O)/C=C/CNC2COC2)C1. The van der Waals surface area contributed by atoms with E-state index in [9.17, 15) is 4.79 Å². The molecule has 0 bridgehead atoms. The van der Waals surface area contributed by atoms with Crippen molar-refractivity contribution in [2.75, 3.05) is 43.9 Å². The lowest BCUT2D eigenvalue weighted by molar-refractivity contribution is -0.127. The Balaban J connectivity index is 1.22. The number of carbonyl (C=O) groups excluding carboxylic acids is 1. The zero-order valence-corrected chi connectivity index (χ0v) is 21.7.